The highest BCUT2D eigenvalue weighted by Crippen LogP contribution is 2.21. The molecule has 1 aromatic rings. The molecule has 0 aromatic heterocycles. The summed E-state index contributed by atoms with van der Waals surface area (Å²) in [5, 5.41) is 2.90. The van der Waals surface area contributed by atoms with Crippen molar-refractivity contribution in [3.8, 4) is 0 Å². The van der Waals surface area contributed by atoms with Gasteiger partial charge in [-0.25, -0.2) is 13.1 Å². The van der Waals surface area contributed by atoms with E-state index < -0.39 is 10.0 Å². The normalized spacial score (nSPS) is 13.4. The van der Waals surface area contributed by atoms with Crippen LogP contribution in [0.15, 0.2) is 29.2 Å². The van der Waals surface area contributed by atoms with Crippen molar-refractivity contribution in [2.24, 2.45) is 5.92 Å². The topological polar surface area (TPSA) is 67.4 Å². The third kappa shape index (κ3) is 4.47. The first-order valence-electron chi connectivity index (χ1n) is 6.79. The van der Waals surface area contributed by atoms with E-state index >= 15 is 0 Å². The van der Waals surface area contributed by atoms with E-state index in [2.05, 4.69) is 10.0 Å². The van der Waals surface area contributed by atoms with Crippen molar-refractivity contribution in [2.75, 3.05) is 25.6 Å². The van der Waals surface area contributed by atoms with Crippen molar-refractivity contribution in [3.05, 3.63) is 24.3 Å². The fraction of sp³-hybridized carbons (Fsp3) is 0.571. The molecule has 0 bridgehead atoms. The third-order valence-electron chi connectivity index (χ3n) is 3.06. The average molecular weight is 300 g/mol. The van der Waals surface area contributed by atoms with Crippen LogP contribution in [0.2, 0.25) is 0 Å². The first kappa shape index (κ1) is 16.9. The van der Waals surface area contributed by atoms with Crippen molar-refractivity contribution in [1.29, 1.82) is 0 Å². The van der Waals surface area contributed by atoms with E-state index in [9.17, 15) is 8.42 Å². The van der Waals surface area contributed by atoms with Crippen LogP contribution in [0.3, 0.4) is 0 Å². The van der Waals surface area contributed by atoms with Crippen LogP contribution in [0.25, 0.3) is 0 Å². The molecule has 2 N–H and O–H groups in total. The van der Waals surface area contributed by atoms with Gasteiger partial charge in [-0.05, 0) is 25.0 Å². The van der Waals surface area contributed by atoms with E-state index in [1.54, 1.807) is 31.3 Å². The molecule has 0 heterocycles. The molecule has 0 aliphatic heterocycles. The Morgan fingerprint density at radius 1 is 1.25 bits per heavy atom. The Labute approximate surface area is 121 Å². The molecule has 20 heavy (non-hydrogen) atoms. The first-order chi connectivity index (χ1) is 9.42. The van der Waals surface area contributed by atoms with Gasteiger partial charge in [0, 0.05) is 19.7 Å². The van der Waals surface area contributed by atoms with Gasteiger partial charge in [0.2, 0.25) is 10.0 Å². The quantitative estimate of drug-likeness (QED) is 0.771. The monoisotopic (exact) mass is 300 g/mol. The molecule has 0 saturated carbocycles. The second kappa shape index (κ2) is 7.61. The molecule has 0 amide bonds. The zero-order valence-electron chi connectivity index (χ0n) is 12.5. The highest BCUT2D eigenvalue weighted by Gasteiger charge is 2.24. The second-order valence-electron chi connectivity index (χ2n) is 4.88. The Kier molecular flexibility index (Phi) is 6.45. The van der Waals surface area contributed by atoms with Gasteiger partial charge in [-0.2, -0.15) is 0 Å². The van der Waals surface area contributed by atoms with Crippen molar-refractivity contribution >= 4 is 15.7 Å². The van der Waals surface area contributed by atoms with Crippen molar-refractivity contribution < 1.29 is 13.2 Å². The summed E-state index contributed by atoms with van der Waals surface area (Å²) in [5.41, 5.74) is 0.582. The Balaban J connectivity index is 2.97. The predicted octanol–water partition coefficient (Wildman–Crippen LogP) is 2.07. The maximum atomic E-state index is 12.5. The first-order valence-corrected chi connectivity index (χ1v) is 8.27. The summed E-state index contributed by atoms with van der Waals surface area (Å²) in [5.74, 6) is 0.151. The summed E-state index contributed by atoms with van der Waals surface area (Å²) in [7, 11) is -1.87. The minimum atomic E-state index is -3.57. The summed E-state index contributed by atoms with van der Waals surface area (Å²) in [6, 6.07) is 6.59. The van der Waals surface area contributed by atoms with Crippen LogP contribution < -0.4 is 10.0 Å². The summed E-state index contributed by atoms with van der Waals surface area (Å²) in [6.45, 7) is 6.77. The summed E-state index contributed by atoms with van der Waals surface area (Å²) in [4.78, 5) is 0.254. The Morgan fingerprint density at radius 3 is 2.45 bits per heavy atom. The minimum Gasteiger partial charge on any atom is -0.387 e. The number of ether oxygens (including phenoxy) is 1. The largest absolute Gasteiger partial charge is 0.387 e. The van der Waals surface area contributed by atoms with Crippen LogP contribution in [0, 0.1) is 5.92 Å². The van der Waals surface area contributed by atoms with Crippen LogP contribution in [0.1, 0.15) is 20.8 Å². The lowest BCUT2D eigenvalue weighted by molar-refractivity contribution is 0.116. The molecule has 0 spiro atoms. The smallest absolute Gasteiger partial charge is 0.242 e. The second-order valence-corrected chi connectivity index (χ2v) is 6.56. The van der Waals surface area contributed by atoms with Gasteiger partial charge in [-0.1, -0.05) is 26.0 Å². The molecule has 114 valence electrons. The number of nitrogens with one attached hydrogen (secondary N) is 2. The van der Waals surface area contributed by atoms with E-state index in [4.69, 9.17) is 4.74 Å². The van der Waals surface area contributed by atoms with E-state index in [1.807, 2.05) is 20.8 Å². The van der Waals surface area contributed by atoms with Crippen LogP contribution in [-0.2, 0) is 14.8 Å². The number of hydrogen-bond acceptors (Lipinski definition) is 4. The van der Waals surface area contributed by atoms with Gasteiger partial charge in [-0.15, -0.1) is 0 Å². The Bertz CT molecular complexity index is 515. The standard InChI is InChI=1S/C14H24N2O3S/c1-5-19-10-13(11(2)3)16-20(17,18)14-9-7-6-8-12(14)15-4/h6-9,11,13,15-16H,5,10H2,1-4H3. The van der Waals surface area contributed by atoms with Crippen LogP contribution in [-0.4, -0.2) is 34.7 Å². The van der Waals surface area contributed by atoms with Gasteiger partial charge < -0.3 is 10.1 Å². The molecule has 0 aliphatic carbocycles. The lowest BCUT2D eigenvalue weighted by atomic mass is 10.1. The summed E-state index contributed by atoms with van der Waals surface area (Å²) >= 11 is 0. The number of para-hydroxylation sites is 1. The number of hydrogen-bond donors (Lipinski definition) is 2. The number of rotatable bonds is 8. The van der Waals surface area contributed by atoms with Crippen molar-refractivity contribution in [2.45, 2.75) is 31.7 Å². The van der Waals surface area contributed by atoms with E-state index in [-0.39, 0.29) is 16.9 Å². The predicted molar refractivity (Wildman–Crippen MR) is 81.4 cm³/mol. The zero-order valence-corrected chi connectivity index (χ0v) is 13.3. The molecule has 0 aliphatic rings. The van der Waals surface area contributed by atoms with Gasteiger partial charge in [0.15, 0.2) is 0 Å². The van der Waals surface area contributed by atoms with E-state index in [1.165, 1.54) is 0 Å². The van der Waals surface area contributed by atoms with Crippen molar-refractivity contribution in [1.82, 2.24) is 4.72 Å². The SMILES string of the molecule is CCOCC(NS(=O)(=O)c1ccccc1NC)C(C)C. The van der Waals surface area contributed by atoms with Crippen molar-refractivity contribution in [3.63, 3.8) is 0 Å². The third-order valence-corrected chi connectivity index (χ3v) is 4.61. The number of anilines is 1. The van der Waals surface area contributed by atoms with Gasteiger partial charge >= 0.3 is 0 Å². The number of sulfonamides is 1. The molecule has 1 rings (SSSR count). The fourth-order valence-corrected chi connectivity index (χ4v) is 3.36. The molecule has 6 heteroatoms. The van der Waals surface area contributed by atoms with Crippen LogP contribution in [0.4, 0.5) is 5.69 Å². The average Bonchev–Trinajstić information content (AvgIpc) is 2.43. The molecule has 0 saturated heterocycles. The molecular weight excluding hydrogens is 276 g/mol. The van der Waals surface area contributed by atoms with Gasteiger partial charge in [0.1, 0.15) is 4.90 Å². The van der Waals surface area contributed by atoms with E-state index in [0.29, 0.717) is 18.9 Å². The summed E-state index contributed by atoms with van der Waals surface area (Å²) in [6.07, 6.45) is 0. The Hall–Kier alpha value is -1.11. The maximum Gasteiger partial charge on any atom is 0.242 e. The van der Waals surface area contributed by atoms with Crippen LogP contribution in [0.5, 0.6) is 0 Å². The lowest BCUT2D eigenvalue weighted by Crippen LogP contribution is -2.42. The molecule has 1 unspecified atom stereocenters. The Morgan fingerprint density at radius 2 is 1.90 bits per heavy atom. The zero-order chi connectivity index (χ0) is 15.2. The molecule has 0 fully saturated rings. The van der Waals surface area contributed by atoms with Gasteiger partial charge in [0.25, 0.3) is 0 Å². The molecule has 1 aromatic carbocycles. The maximum absolute atomic E-state index is 12.5. The summed E-state index contributed by atoms with van der Waals surface area (Å²) < 4.78 is 33.0. The van der Waals surface area contributed by atoms with E-state index in [0.717, 1.165) is 0 Å². The molecule has 0 radical (unpaired) electrons. The van der Waals surface area contributed by atoms with Gasteiger partial charge in [-0.3, -0.25) is 0 Å². The lowest BCUT2D eigenvalue weighted by Gasteiger charge is -2.22. The highest BCUT2D eigenvalue weighted by molar-refractivity contribution is 7.89. The highest BCUT2D eigenvalue weighted by atomic mass is 32.2. The minimum absolute atomic E-state index is 0.151. The molecular formula is C14H24N2O3S. The molecule has 5 nitrogen and oxygen atoms in total. The van der Waals surface area contributed by atoms with Crippen LogP contribution >= 0.6 is 0 Å². The molecule has 1 atom stereocenters. The van der Waals surface area contributed by atoms with Gasteiger partial charge in [0.05, 0.1) is 12.3 Å². The fourth-order valence-electron chi connectivity index (χ4n) is 1.78. The number of benzene rings is 1.